The van der Waals surface area contributed by atoms with Gasteiger partial charge in [0, 0.05) is 20.0 Å². The first-order valence-corrected chi connectivity index (χ1v) is 4.73. The summed E-state index contributed by atoms with van der Waals surface area (Å²) in [5, 5.41) is 3.88. The van der Waals surface area contributed by atoms with E-state index in [0.717, 1.165) is 11.7 Å². The van der Waals surface area contributed by atoms with Crippen LogP contribution in [0.25, 0.3) is 0 Å². The Kier molecular flexibility index (Phi) is 2.23. The third kappa shape index (κ3) is 1.92. The topological polar surface area (TPSA) is 54.5 Å². The molecule has 0 aromatic carbocycles. The second kappa shape index (κ2) is 3.40. The van der Waals surface area contributed by atoms with Gasteiger partial charge in [0.05, 0.1) is 0 Å². The molecule has 0 saturated heterocycles. The Morgan fingerprint density at radius 1 is 1.50 bits per heavy atom. The minimum atomic E-state index is 0.359. The first-order chi connectivity index (χ1) is 6.66. The highest BCUT2D eigenvalue weighted by Crippen LogP contribution is 2.38. The smallest absolute Gasteiger partial charge is 0.349 e. The SMILES string of the molecule is CC(=Nc1nc(C2CC2)no1)N(C)C. The van der Waals surface area contributed by atoms with Crippen molar-refractivity contribution in [3.63, 3.8) is 0 Å². The minimum Gasteiger partial charge on any atom is -0.366 e. The summed E-state index contributed by atoms with van der Waals surface area (Å²) < 4.78 is 5.01. The summed E-state index contributed by atoms with van der Waals surface area (Å²) >= 11 is 0. The molecule has 0 N–H and O–H groups in total. The highest BCUT2D eigenvalue weighted by Gasteiger charge is 2.28. The maximum Gasteiger partial charge on any atom is 0.349 e. The van der Waals surface area contributed by atoms with E-state index in [9.17, 15) is 0 Å². The summed E-state index contributed by atoms with van der Waals surface area (Å²) in [5.74, 6) is 2.17. The van der Waals surface area contributed by atoms with Gasteiger partial charge >= 0.3 is 6.01 Å². The van der Waals surface area contributed by atoms with E-state index in [1.54, 1.807) is 0 Å². The van der Waals surface area contributed by atoms with Crippen LogP contribution in [0.2, 0.25) is 0 Å². The second-order valence-electron chi connectivity index (χ2n) is 3.76. The van der Waals surface area contributed by atoms with Gasteiger partial charge < -0.3 is 9.42 Å². The Morgan fingerprint density at radius 2 is 2.21 bits per heavy atom. The van der Waals surface area contributed by atoms with Crippen molar-refractivity contribution in [2.45, 2.75) is 25.7 Å². The molecule has 0 atom stereocenters. The predicted molar refractivity (Wildman–Crippen MR) is 52.7 cm³/mol. The highest BCUT2D eigenvalue weighted by molar-refractivity contribution is 5.80. The zero-order valence-electron chi connectivity index (χ0n) is 8.69. The normalized spacial score (nSPS) is 17.2. The summed E-state index contributed by atoms with van der Waals surface area (Å²) in [6.07, 6.45) is 2.35. The lowest BCUT2D eigenvalue weighted by Gasteiger charge is -2.08. The van der Waals surface area contributed by atoms with Crippen molar-refractivity contribution in [2.24, 2.45) is 4.99 Å². The number of hydrogen-bond acceptors (Lipinski definition) is 4. The molecule has 76 valence electrons. The van der Waals surface area contributed by atoms with Gasteiger partial charge in [-0.05, 0) is 19.8 Å². The molecule has 1 aliphatic carbocycles. The van der Waals surface area contributed by atoms with Gasteiger partial charge in [0.1, 0.15) is 5.84 Å². The number of amidine groups is 1. The quantitative estimate of drug-likeness (QED) is 0.529. The summed E-state index contributed by atoms with van der Waals surface area (Å²) in [7, 11) is 3.86. The molecule has 1 aromatic rings. The third-order valence-electron chi connectivity index (χ3n) is 2.28. The van der Waals surface area contributed by atoms with Gasteiger partial charge in [-0.1, -0.05) is 5.16 Å². The fraction of sp³-hybridized carbons (Fsp3) is 0.667. The third-order valence-corrected chi connectivity index (χ3v) is 2.28. The standard InChI is InChI=1S/C9H14N4O/c1-6(13(2)3)10-9-11-8(12-14-9)7-4-5-7/h7H,4-5H2,1-3H3. The average Bonchev–Trinajstić information content (AvgIpc) is 2.88. The van der Waals surface area contributed by atoms with Crippen molar-refractivity contribution < 1.29 is 4.52 Å². The number of nitrogens with zero attached hydrogens (tertiary/aromatic N) is 4. The molecule has 0 amide bonds. The Hall–Kier alpha value is -1.39. The molecule has 0 spiro atoms. The second-order valence-corrected chi connectivity index (χ2v) is 3.76. The molecule has 0 aliphatic heterocycles. The van der Waals surface area contributed by atoms with E-state index in [1.165, 1.54) is 12.8 Å². The van der Waals surface area contributed by atoms with E-state index in [2.05, 4.69) is 15.1 Å². The van der Waals surface area contributed by atoms with Crippen molar-refractivity contribution in [1.29, 1.82) is 0 Å². The highest BCUT2D eigenvalue weighted by atomic mass is 16.5. The van der Waals surface area contributed by atoms with Crippen molar-refractivity contribution >= 4 is 11.9 Å². The Balaban J connectivity index is 2.12. The van der Waals surface area contributed by atoms with Crippen LogP contribution in [0.4, 0.5) is 6.01 Å². The fourth-order valence-electron chi connectivity index (χ4n) is 1.02. The Morgan fingerprint density at radius 3 is 2.79 bits per heavy atom. The van der Waals surface area contributed by atoms with E-state index < -0.39 is 0 Å². The predicted octanol–water partition coefficient (Wildman–Crippen LogP) is 1.56. The monoisotopic (exact) mass is 194 g/mol. The van der Waals surface area contributed by atoms with Crippen molar-refractivity contribution in [2.75, 3.05) is 14.1 Å². The lowest BCUT2D eigenvalue weighted by molar-refractivity contribution is 0.419. The van der Waals surface area contributed by atoms with Crippen LogP contribution in [0.5, 0.6) is 0 Å². The van der Waals surface area contributed by atoms with Gasteiger partial charge in [-0.15, -0.1) is 0 Å². The molecular formula is C9H14N4O. The summed E-state index contributed by atoms with van der Waals surface area (Å²) in [5.41, 5.74) is 0. The van der Waals surface area contributed by atoms with E-state index in [-0.39, 0.29) is 0 Å². The van der Waals surface area contributed by atoms with Gasteiger partial charge in [0.2, 0.25) is 0 Å². The van der Waals surface area contributed by atoms with Gasteiger partial charge in [0.15, 0.2) is 5.82 Å². The van der Waals surface area contributed by atoms with Crippen LogP contribution >= 0.6 is 0 Å². The molecule has 5 nitrogen and oxygen atoms in total. The van der Waals surface area contributed by atoms with E-state index >= 15 is 0 Å². The number of aliphatic imine (C=N–C) groups is 1. The van der Waals surface area contributed by atoms with Gasteiger partial charge in [-0.2, -0.15) is 9.98 Å². The van der Waals surface area contributed by atoms with Crippen LogP contribution < -0.4 is 0 Å². The molecule has 0 bridgehead atoms. The van der Waals surface area contributed by atoms with Crippen molar-refractivity contribution in [3.8, 4) is 0 Å². The molecule has 1 aliphatic rings. The molecule has 5 heteroatoms. The van der Waals surface area contributed by atoms with E-state index in [0.29, 0.717) is 11.9 Å². The minimum absolute atomic E-state index is 0.359. The first-order valence-electron chi connectivity index (χ1n) is 4.73. The molecule has 2 rings (SSSR count). The molecule has 1 saturated carbocycles. The van der Waals surface area contributed by atoms with Gasteiger partial charge in [-0.3, -0.25) is 0 Å². The molecule has 14 heavy (non-hydrogen) atoms. The van der Waals surface area contributed by atoms with Gasteiger partial charge in [0.25, 0.3) is 0 Å². The molecule has 1 fully saturated rings. The van der Waals surface area contributed by atoms with Crippen LogP contribution in [-0.4, -0.2) is 35.0 Å². The van der Waals surface area contributed by atoms with Crippen LogP contribution in [0, 0.1) is 0 Å². The number of hydrogen-bond donors (Lipinski definition) is 0. The van der Waals surface area contributed by atoms with E-state index in [1.807, 2.05) is 25.9 Å². The van der Waals surface area contributed by atoms with Crippen LogP contribution in [-0.2, 0) is 0 Å². The maximum atomic E-state index is 5.01. The molecule has 1 heterocycles. The van der Waals surface area contributed by atoms with Crippen molar-refractivity contribution in [3.05, 3.63) is 5.82 Å². The Bertz CT molecular complexity index is 351. The van der Waals surface area contributed by atoms with Crippen LogP contribution in [0.3, 0.4) is 0 Å². The lowest BCUT2D eigenvalue weighted by Crippen LogP contribution is -2.17. The largest absolute Gasteiger partial charge is 0.366 e. The molecule has 0 radical (unpaired) electrons. The maximum absolute atomic E-state index is 5.01. The summed E-state index contributed by atoms with van der Waals surface area (Å²) in [6, 6.07) is 0.359. The first kappa shape index (κ1) is 9.18. The number of aromatic nitrogens is 2. The van der Waals surface area contributed by atoms with Crippen LogP contribution in [0.15, 0.2) is 9.52 Å². The van der Waals surface area contributed by atoms with Crippen LogP contribution in [0.1, 0.15) is 31.5 Å². The van der Waals surface area contributed by atoms with Gasteiger partial charge in [-0.25, -0.2) is 0 Å². The molecule has 0 unspecified atom stereocenters. The zero-order valence-corrected chi connectivity index (χ0v) is 8.69. The zero-order chi connectivity index (χ0) is 10.1. The molecule has 1 aromatic heterocycles. The summed E-state index contributed by atoms with van der Waals surface area (Å²) in [4.78, 5) is 10.3. The van der Waals surface area contributed by atoms with E-state index in [4.69, 9.17) is 4.52 Å². The fourth-order valence-corrected chi connectivity index (χ4v) is 1.02. The lowest BCUT2D eigenvalue weighted by atomic mass is 10.4. The Labute approximate surface area is 82.8 Å². The summed E-state index contributed by atoms with van der Waals surface area (Å²) in [6.45, 7) is 1.90. The van der Waals surface area contributed by atoms with Crippen molar-refractivity contribution in [1.82, 2.24) is 15.0 Å². The average molecular weight is 194 g/mol. The molecular weight excluding hydrogens is 180 g/mol. The number of rotatable bonds is 2.